The Labute approximate surface area is 120 Å². The Morgan fingerprint density at radius 2 is 2.26 bits per heavy atom. The average Bonchev–Trinajstić information content (AvgIpc) is 3.18. The molecule has 1 aliphatic rings. The first-order chi connectivity index (χ1) is 9.22. The highest BCUT2D eigenvalue weighted by Gasteiger charge is 2.20. The maximum Gasteiger partial charge on any atom is 0.0863 e. The smallest absolute Gasteiger partial charge is 0.0863 e. The molecule has 1 aromatic heterocycles. The zero-order chi connectivity index (χ0) is 13.7. The van der Waals surface area contributed by atoms with Gasteiger partial charge in [-0.2, -0.15) is 5.10 Å². The van der Waals surface area contributed by atoms with Crippen LogP contribution >= 0.6 is 11.6 Å². The lowest BCUT2D eigenvalue weighted by atomic mass is 10.3. The van der Waals surface area contributed by atoms with E-state index in [1.54, 1.807) is 0 Å². The lowest BCUT2D eigenvalue weighted by Gasteiger charge is -2.06. The zero-order valence-electron chi connectivity index (χ0n) is 11.9. The van der Waals surface area contributed by atoms with Gasteiger partial charge in [-0.3, -0.25) is 4.68 Å². The fourth-order valence-electron chi connectivity index (χ4n) is 2.05. The van der Waals surface area contributed by atoms with Crippen LogP contribution in [0.3, 0.4) is 0 Å². The molecule has 1 saturated carbocycles. The number of ether oxygens (including phenoxy) is 1. The largest absolute Gasteiger partial charge is 0.381 e. The topological polar surface area (TPSA) is 39.1 Å². The molecule has 1 aromatic rings. The minimum Gasteiger partial charge on any atom is -0.381 e. The van der Waals surface area contributed by atoms with Gasteiger partial charge in [0.25, 0.3) is 0 Å². The first-order valence-electron chi connectivity index (χ1n) is 7.21. The second-order valence-corrected chi connectivity index (χ2v) is 5.61. The molecule has 5 heteroatoms. The van der Waals surface area contributed by atoms with E-state index >= 15 is 0 Å². The van der Waals surface area contributed by atoms with Gasteiger partial charge in [-0.05, 0) is 38.1 Å². The molecule has 0 bridgehead atoms. The van der Waals surface area contributed by atoms with Crippen LogP contribution in [0.2, 0.25) is 5.02 Å². The number of hydrogen-bond donors (Lipinski definition) is 1. The molecule has 1 N–H and O–H groups in total. The van der Waals surface area contributed by atoms with Crippen molar-refractivity contribution in [1.82, 2.24) is 15.1 Å². The quantitative estimate of drug-likeness (QED) is 0.709. The van der Waals surface area contributed by atoms with Crippen LogP contribution in [-0.4, -0.2) is 29.5 Å². The molecule has 0 atom stereocenters. The Kier molecular flexibility index (Phi) is 5.67. The van der Waals surface area contributed by atoms with Gasteiger partial charge in [0.15, 0.2) is 0 Å². The van der Waals surface area contributed by atoms with Crippen LogP contribution in [-0.2, 0) is 24.8 Å². The van der Waals surface area contributed by atoms with Gasteiger partial charge >= 0.3 is 0 Å². The van der Waals surface area contributed by atoms with Crippen molar-refractivity contribution < 1.29 is 4.74 Å². The van der Waals surface area contributed by atoms with E-state index < -0.39 is 0 Å². The summed E-state index contributed by atoms with van der Waals surface area (Å²) >= 11 is 6.29. The zero-order valence-corrected chi connectivity index (χ0v) is 12.7. The van der Waals surface area contributed by atoms with Crippen LogP contribution in [0.15, 0.2) is 0 Å². The number of hydrogen-bond acceptors (Lipinski definition) is 3. The first kappa shape index (κ1) is 14.8. The van der Waals surface area contributed by atoms with Gasteiger partial charge in [-0.1, -0.05) is 18.5 Å². The predicted octanol–water partition coefficient (Wildman–Crippen LogP) is 2.54. The molecule has 0 saturated heterocycles. The van der Waals surface area contributed by atoms with Crippen LogP contribution in [0.5, 0.6) is 0 Å². The summed E-state index contributed by atoms with van der Waals surface area (Å²) in [7, 11) is 1.95. The molecule has 2 rings (SSSR count). The minimum atomic E-state index is 0.769. The lowest BCUT2D eigenvalue weighted by molar-refractivity contribution is 0.122. The molecule has 0 aromatic carbocycles. The van der Waals surface area contributed by atoms with Crippen LogP contribution in [0.25, 0.3) is 0 Å². The third-order valence-electron chi connectivity index (χ3n) is 3.49. The van der Waals surface area contributed by atoms with E-state index in [0.29, 0.717) is 0 Å². The molecule has 1 aliphatic carbocycles. The van der Waals surface area contributed by atoms with Gasteiger partial charge in [0.2, 0.25) is 0 Å². The van der Waals surface area contributed by atoms with E-state index in [-0.39, 0.29) is 0 Å². The third kappa shape index (κ3) is 4.48. The Bertz CT molecular complexity index is 402. The molecular formula is C14H24ClN3O. The highest BCUT2D eigenvalue weighted by Crippen LogP contribution is 2.28. The van der Waals surface area contributed by atoms with Crippen LogP contribution in [0.1, 0.15) is 37.6 Å². The van der Waals surface area contributed by atoms with E-state index in [0.717, 1.165) is 61.5 Å². The van der Waals surface area contributed by atoms with Crippen molar-refractivity contribution in [3.05, 3.63) is 16.4 Å². The van der Waals surface area contributed by atoms with E-state index in [1.807, 2.05) is 11.7 Å². The van der Waals surface area contributed by atoms with Gasteiger partial charge < -0.3 is 10.1 Å². The van der Waals surface area contributed by atoms with Crippen LogP contribution in [0.4, 0.5) is 0 Å². The fraction of sp³-hybridized carbons (Fsp3) is 0.786. The molecule has 0 radical (unpaired) electrons. The van der Waals surface area contributed by atoms with Gasteiger partial charge in [-0.15, -0.1) is 0 Å². The van der Waals surface area contributed by atoms with Crippen molar-refractivity contribution in [2.75, 3.05) is 19.8 Å². The number of aromatic nitrogens is 2. The van der Waals surface area contributed by atoms with Gasteiger partial charge in [0.05, 0.1) is 16.4 Å². The predicted molar refractivity (Wildman–Crippen MR) is 77.5 cm³/mol. The normalized spacial score (nSPS) is 15.1. The molecule has 1 fully saturated rings. The van der Waals surface area contributed by atoms with Gasteiger partial charge in [-0.25, -0.2) is 0 Å². The number of nitrogens with one attached hydrogen (secondary N) is 1. The van der Waals surface area contributed by atoms with E-state index in [4.69, 9.17) is 16.3 Å². The molecule has 1 heterocycles. The van der Waals surface area contributed by atoms with E-state index in [2.05, 4.69) is 17.3 Å². The van der Waals surface area contributed by atoms with Gasteiger partial charge in [0, 0.05) is 26.8 Å². The Balaban J connectivity index is 1.60. The van der Waals surface area contributed by atoms with Crippen molar-refractivity contribution in [2.45, 2.75) is 39.2 Å². The van der Waals surface area contributed by atoms with Crippen molar-refractivity contribution in [2.24, 2.45) is 13.0 Å². The summed E-state index contributed by atoms with van der Waals surface area (Å²) in [6.45, 7) is 5.59. The fourth-order valence-corrected chi connectivity index (χ4v) is 2.41. The summed E-state index contributed by atoms with van der Waals surface area (Å²) in [6, 6.07) is 0. The standard InChI is InChI=1S/C14H24ClN3O/c1-3-12-14(15)13(18(2)17-12)9-16-7-4-8-19-10-11-5-6-11/h11,16H,3-10H2,1-2H3. The van der Waals surface area contributed by atoms with E-state index in [9.17, 15) is 0 Å². The molecule has 19 heavy (non-hydrogen) atoms. The molecule has 4 nitrogen and oxygen atoms in total. The number of rotatable bonds is 9. The number of halogens is 1. The third-order valence-corrected chi connectivity index (χ3v) is 3.92. The van der Waals surface area contributed by atoms with Crippen molar-refractivity contribution >= 4 is 11.6 Å². The highest BCUT2D eigenvalue weighted by molar-refractivity contribution is 6.31. The second kappa shape index (κ2) is 7.27. The number of aryl methyl sites for hydroxylation is 2. The molecule has 108 valence electrons. The maximum absolute atomic E-state index is 6.29. The summed E-state index contributed by atoms with van der Waals surface area (Å²) in [5.74, 6) is 0.855. The SMILES string of the molecule is CCc1nn(C)c(CNCCCOCC2CC2)c1Cl. The van der Waals surface area contributed by atoms with Crippen LogP contribution in [0, 0.1) is 5.92 Å². The molecule has 0 spiro atoms. The highest BCUT2D eigenvalue weighted by atomic mass is 35.5. The molecule has 0 amide bonds. The first-order valence-corrected chi connectivity index (χ1v) is 7.58. The summed E-state index contributed by atoms with van der Waals surface area (Å²) in [6.07, 6.45) is 4.64. The Morgan fingerprint density at radius 1 is 1.47 bits per heavy atom. The lowest BCUT2D eigenvalue weighted by Crippen LogP contribution is -2.18. The van der Waals surface area contributed by atoms with Crippen molar-refractivity contribution in [3.8, 4) is 0 Å². The molecule has 0 aliphatic heterocycles. The van der Waals surface area contributed by atoms with Crippen molar-refractivity contribution in [3.63, 3.8) is 0 Å². The summed E-state index contributed by atoms with van der Waals surface area (Å²) in [4.78, 5) is 0. The molecular weight excluding hydrogens is 262 g/mol. The van der Waals surface area contributed by atoms with Gasteiger partial charge in [0.1, 0.15) is 0 Å². The van der Waals surface area contributed by atoms with E-state index in [1.165, 1.54) is 12.8 Å². The van der Waals surface area contributed by atoms with Crippen LogP contribution < -0.4 is 5.32 Å². The summed E-state index contributed by atoms with van der Waals surface area (Å²) in [5.41, 5.74) is 2.05. The average molecular weight is 286 g/mol. The van der Waals surface area contributed by atoms with Crippen molar-refractivity contribution in [1.29, 1.82) is 0 Å². The monoisotopic (exact) mass is 285 g/mol. The molecule has 0 unspecified atom stereocenters. The minimum absolute atomic E-state index is 0.769. The Hall–Kier alpha value is -0.580. The summed E-state index contributed by atoms with van der Waals surface area (Å²) in [5, 5.41) is 8.61. The maximum atomic E-state index is 6.29. The second-order valence-electron chi connectivity index (χ2n) is 5.23. The number of nitrogens with zero attached hydrogens (tertiary/aromatic N) is 2. The summed E-state index contributed by atoms with van der Waals surface area (Å²) < 4.78 is 7.47. The Morgan fingerprint density at radius 3 is 2.89 bits per heavy atom.